The molecule has 4 nitrogen and oxygen atoms in total. The van der Waals surface area contributed by atoms with Gasteiger partial charge in [-0.3, -0.25) is 0 Å². The largest absolute Gasteiger partial charge is 0.478 e. The van der Waals surface area contributed by atoms with Gasteiger partial charge in [0.1, 0.15) is 5.82 Å². The zero-order valence-corrected chi connectivity index (χ0v) is 10.9. The average Bonchev–Trinajstić information content (AvgIpc) is 2.36. The predicted octanol–water partition coefficient (Wildman–Crippen LogP) is 2.58. The summed E-state index contributed by atoms with van der Waals surface area (Å²) in [7, 11) is 1.95. The van der Waals surface area contributed by atoms with Crippen molar-refractivity contribution in [2.75, 3.05) is 11.9 Å². The number of carbonyl (C=O) groups is 1. The molecule has 17 heavy (non-hydrogen) atoms. The fourth-order valence-corrected chi connectivity index (χ4v) is 1.56. The number of rotatable bonds is 5. The van der Waals surface area contributed by atoms with Gasteiger partial charge < -0.3 is 10.0 Å². The van der Waals surface area contributed by atoms with Gasteiger partial charge in [-0.25, -0.2) is 9.78 Å². The number of aromatic carboxylic acids is 1. The maximum atomic E-state index is 11.0. The van der Waals surface area contributed by atoms with E-state index in [0.29, 0.717) is 11.6 Å². The zero-order chi connectivity index (χ0) is 13.0. The molecule has 1 N–H and O–H groups in total. The molecular weight excluding hydrogens is 216 g/mol. The third-order valence-corrected chi connectivity index (χ3v) is 3.09. The summed E-state index contributed by atoms with van der Waals surface area (Å²) in [6, 6.07) is 3.61. The van der Waals surface area contributed by atoms with E-state index in [1.54, 1.807) is 12.1 Å². The summed E-state index contributed by atoms with van der Waals surface area (Å²) < 4.78 is 0. The number of hydrogen-bond acceptors (Lipinski definition) is 3. The van der Waals surface area contributed by atoms with Gasteiger partial charge in [-0.1, -0.05) is 13.8 Å². The lowest BCUT2D eigenvalue weighted by Gasteiger charge is -2.25. The van der Waals surface area contributed by atoms with Gasteiger partial charge in [0.05, 0.1) is 5.56 Å². The molecule has 94 valence electrons. The Morgan fingerprint density at radius 1 is 1.47 bits per heavy atom. The van der Waals surface area contributed by atoms with Crippen LogP contribution >= 0.6 is 0 Å². The summed E-state index contributed by atoms with van der Waals surface area (Å²) in [6.07, 6.45) is 1.74. The summed E-state index contributed by atoms with van der Waals surface area (Å²) in [6.45, 7) is 6.17. The molecule has 0 saturated carbocycles. The average molecular weight is 236 g/mol. The minimum atomic E-state index is -0.902. The third kappa shape index (κ3) is 3.19. The normalized spacial score (nSPS) is 12.2. The van der Waals surface area contributed by atoms with Crippen molar-refractivity contribution in [3.05, 3.63) is 23.4 Å². The van der Waals surface area contributed by atoms with Gasteiger partial charge >= 0.3 is 5.97 Å². The van der Waals surface area contributed by atoms with Crippen molar-refractivity contribution in [2.24, 2.45) is 0 Å². The first-order valence-electron chi connectivity index (χ1n) is 5.96. The Labute approximate surface area is 102 Å². The highest BCUT2D eigenvalue weighted by Crippen LogP contribution is 2.17. The van der Waals surface area contributed by atoms with Crippen LogP contribution in [-0.4, -0.2) is 29.1 Å². The van der Waals surface area contributed by atoms with Crippen LogP contribution < -0.4 is 4.90 Å². The molecule has 1 heterocycles. The van der Waals surface area contributed by atoms with Crippen LogP contribution in [0.4, 0.5) is 5.82 Å². The molecule has 0 aliphatic carbocycles. The van der Waals surface area contributed by atoms with E-state index in [2.05, 4.69) is 18.8 Å². The highest BCUT2D eigenvalue weighted by molar-refractivity contribution is 5.88. The van der Waals surface area contributed by atoms with Crippen molar-refractivity contribution in [3.63, 3.8) is 0 Å². The molecule has 1 atom stereocenters. The number of carboxylic acids is 1. The number of aromatic nitrogens is 1. The lowest BCUT2D eigenvalue weighted by atomic mass is 10.1. The molecule has 1 aromatic rings. The van der Waals surface area contributed by atoms with E-state index in [1.165, 1.54) is 0 Å². The van der Waals surface area contributed by atoms with Gasteiger partial charge in [0.25, 0.3) is 0 Å². The van der Waals surface area contributed by atoms with Crippen LogP contribution in [0.15, 0.2) is 12.1 Å². The number of aryl methyl sites for hydroxylation is 1. The van der Waals surface area contributed by atoms with E-state index in [9.17, 15) is 4.79 Å². The molecule has 1 aromatic heterocycles. The quantitative estimate of drug-likeness (QED) is 0.853. The number of pyridine rings is 1. The van der Waals surface area contributed by atoms with Crippen molar-refractivity contribution in [1.82, 2.24) is 4.98 Å². The molecule has 1 unspecified atom stereocenters. The summed E-state index contributed by atoms with van der Waals surface area (Å²) in [5.74, 6) is -0.169. The van der Waals surface area contributed by atoms with Crippen molar-refractivity contribution in [1.29, 1.82) is 0 Å². The van der Waals surface area contributed by atoms with Crippen LogP contribution in [-0.2, 0) is 6.42 Å². The van der Waals surface area contributed by atoms with Crippen LogP contribution in [0, 0.1) is 0 Å². The fourth-order valence-electron chi connectivity index (χ4n) is 1.56. The molecule has 0 aromatic carbocycles. The molecule has 0 bridgehead atoms. The molecule has 0 saturated heterocycles. The minimum absolute atomic E-state index is 0.307. The van der Waals surface area contributed by atoms with Crippen molar-refractivity contribution in [2.45, 2.75) is 39.7 Å². The number of nitrogens with zero attached hydrogens (tertiary/aromatic N) is 2. The third-order valence-electron chi connectivity index (χ3n) is 3.09. The lowest BCUT2D eigenvalue weighted by Crippen LogP contribution is -2.29. The summed E-state index contributed by atoms with van der Waals surface area (Å²) in [5, 5.41) is 9.06. The first-order chi connectivity index (χ1) is 7.99. The minimum Gasteiger partial charge on any atom is -0.478 e. The summed E-state index contributed by atoms with van der Waals surface area (Å²) in [5.41, 5.74) is 1.12. The highest BCUT2D eigenvalue weighted by atomic mass is 16.4. The van der Waals surface area contributed by atoms with Gasteiger partial charge in [0.2, 0.25) is 0 Å². The second kappa shape index (κ2) is 5.66. The van der Waals surface area contributed by atoms with Gasteiger partial charge in [0, 0.05) is 18.8 Å². The Hall–Kier alpha value is -1.58. The van der Waals surface area contributed by atoms with E-state index in [0.717, 1.165) is 24.4 Å². The Morgan fingerprint density at radius 2 is 2.12 bits per heavy atom. The van der Waals surface area contributed by atoms with Crippen LogP contribution in [0.25, 0.3) is 0 Å². The Balaban J connectivity index is 3.14. The topological polar surface area (TPSA) is 53.4 Å². The van der Waals surface area contributed by atoms with Gasteiger partial charge in [-0.15, -0.1) is 0 Å². The van der Waals surface area contributed by atoms with E-state index in [-0.39, 0.29) is 0 Å². The first kappa shape index (κ1) is 13.5. The number of hydrogen-bond donors (Lipinski definition) is 1. The Bertz CT molecular complexity index is 404. The summed E-state index contributed by atoms with van der Waals surface area (Å²) in [4.78, 5) is 17.5. The van der Waals surface area contributed by atoms with Crippen LogP contribution in [0.2, 0.25) is 0 Å². The molecule has 0 aliphatic heterocycles. The second-order valence-corrected chi connectivity index (χ2v) is 4.23. The van der Waals surface area contributed by atoms with Crippen LogP contribution in [0.3, 0.4) is 0 Å². The number of carboxylic acid groups (broad SMARTS) is 1. The second-order valence-electron chi connectivity index (χ2n) is 4.23. The molecule has 4 heteroatoms. The fraction of sp³-hybridized carbons (Fsp3) is 0.538. The van der Waals surface area contributed by atoms with Gasteiger partial charge in [-0.05, 0) is 31.9 Å². The highest BCUT2D eigenvalue weighted by Gasteiger charge is 2.13. The standard InChI is InChI=1S/C13H20N2O2/c1-5-9(3)15(4)12-8-10(13(16)17)7-11(6-2)14-12/h7-9H,5-6H2,1-4H3,(H,16,17). The predicted molar refractivity (Wildman–Crippen MR) is 68.7 cm³/mol. The smallest absolute Gasteiger partial charge is 0.335 e. The summed E-state index contributed by atoms with van der Waals surface area (Å²) >= 11 is 0. The molecule has 0 aliphatic rings. The van der Waals surface area contributed by atoms with Crippen molar-refractivity contribution >= 4 is 11.8 Å². The van der Waals surface area contributed by atoms with E-state index in [1.807, 2.05) is 18.9 Å². The van der Waals surface area contributed by atoms with E-state index >= 15 is 0 Å². The van der Waals surface area contributed by atoms with E-state index in [4.69, 9.17) is 5.11 Å². The molecule has 0 amide bonds. The maximum Gasteiger partial charge on any atom is 0.335 e. The van der Waals surface area contributed by atoms with Gasteiger partial charge in [0.15, 0.2) is 0 Å². The molecule has 0 fully saturated rings. The van der Waals surface area contributed by atoms with Crippen LogP contribution in [0.5, 0.6) is 0 Å². The Morgan fingerprint density at radius 3 is 2.59 bits per heavy atom. The molecular formula is C13H20N2O2. The molecule has 1 rings (SSSR count). The van der Waals surface area contributed by atoms with Gasteiger partial charge in [-0.2, -0.15) is 0 Å². The first-order valence-corrected chi connectivity index (χ1v) is 5.96. The van der Waals surface area contributed by atoms with Crippen molar-refractivity contribution < 1.29 is 9.90 Å². The molecule has 0 radical (unpaired) electrons. The Kier molecular flexibility index (Phi) is 4.49. The van der Waals surface area contributed by atoms with E-state index < -0.39 is 5.97 Å². The lowest BCUT2D eigenvalue weighted by molar-refractivity contribution is 0.0696. The SMILES string of the molecule is CCc1cc(C(=O)O)cc(N(C)C(C)CC)n1. The zero-order valence-electron chi connectivity index (χ0n) is 10.9. The van der Waals surface area contributed by atoms with Crippen molar-refractivity contribution in [3.8, 4) is 0 Å². The monoisotopic (exact) mass is 236 g/mol. The van der Waals surface area contributed by atoms with Crippen LogP contribution in [0.1, 0.15) is 43.2 Å². The maximum absolute atomic E-state index is 11.0. The molecule has 0 spiro atoms. The number of anilines is 1.